The van der Waals surface area contributed by atoms with Crippen LogP contribution in [0.15, 0.2) is 39.8 Å². The second kappa shape index (κ2) is 9.19. The van der Waals surface area contributed by atoms with Gasteiger partial charge in [0.25, 0.3) is 0 Å². The Morgan fingerprint density at radius 1 is 1.08 bits per heavy atom. The number of benzene rings is 1. The molecule has 1 aliphatic carbocycles. The molecule has 0 amide bonds. The van der Waals surface area contributed by atoms with E-state index in [0.717, 1.165) is 12.2 Å². The van der Waals surface area contributed by atoms with Crippen LogP contribution in [-0.2, 0) is 17.8 Å². The summed E-state index contributed by atoms with van der Waals surface area (Å²) in [5.41, 5.74) is 2.92. The number of hydrogen-bond acceptors (Lipinski definition) is 1. The minimum atomic E-state index is -1.96. The third kappa shape index (κ3) is 6.52. The van der Waals surface area contributed by atoms with Crippen LogP contribution in [0.1, 0.15) is 32.8 Å². The van der Waals surface area contributed by atoms with E-state index in [1.165, 1.54) is 20.2 Å². The van der Waals surface area contributed by atoms with Crippen molar-refractivity contribution in [1.82, 2.24) is 0 Å². The van der Waals surface area contributed by atoms with Gasteiger partial charge in [-0.2, -0.15) is 0 Å². The van der Waals surface area contributed by atoms with Gasteiger partial charge < -0.3 is 0 Å². The van der Waals surface area contributed by atoms with Crippen LogP contribution in [0.4, 0.5) is 0 Å². The van der Waals surface area contributed by atoms with Crippen LogP contribution >= 0.6 is 24.8 Å². The third-order valence-corrected chi connectivity index (χ3v) is 8.80. The van der Waals surface area contributed by atoms with E-state index >= 15 is 0 Å². The van der Waals surface area contributed by atoms with E-state index in [4.69, 9.17) is 3.32 Å². The monoisotopic (exact) mass is 434 g/mol. The molecule has 140 valence electrons. The van der Waals surface area contributed by atoms with Crippen LogP contribution in [0, 0.1) is 12.3 Å². The Bertz CT molecular complexity index is 695. The van der Waals surface area contributed by atoms with Gasteiger partial charge in [0.1, 0.15) is 0 Å². The van der Waals surface area contributed by atoms with E-state index in [-0.39, 0.29) is 30.2 Å². The molecule has 0 aromatic heterocycles. The zero-order valence-corrected chi connectivity index (χ0v) is 20.7. The fraction of sp³-hybridized carbons (Fsp3) is 0.450. The number of rotatable bonds is 4. The van der Waals surface area contributed by atoms with E-state index < -0.39 is 25.9 Å². The van der Waals surface area contributed by atoms with E-state index in [1.807, 2.05) is 0 Å². The summed E-state index contributed by atoms with van der Waals surface area (Å²) >= 11 is -1.96. The van der Waals surface area contributed by atoms with Gasteiger partial charge in [-0.15, -0.1) is 24.8 Å². The summed E-state index contributed by atoms with van der Waals surface area (Å²) in [7, 11) is -1.33. The van der Waals surface area contributed by atoms with Gasteiger partial charge >= 0.3 is 149 Å². The number of allylic oxidation sites excluding steroid dienone is 4. The molecule has 1 aromatic carbocycles. The predicted molar refractivity (Wildman–Crippen MR) is 117 cm³/mol. The summed E-state index contributed by atoms with van der Waals surface area (Å²) in [6, 6.07) is 6.75. The Hall–Kier alpha value is -0.119. The predicted octanol–water partition coefficient (Wildman–Crippen LogP) is 5.99. The first-order chi connectivity index (χ1) is 10.5. The normalized spacial score (nSPS) is 14.0. The van der Waals surface area contributed by atoms with Crippen LogP contribution in [-0.4, -0.2) is 12.9 Å². The van der Waals surface area contributed by atoms with Crippen molar-refractivity contribution in [2.75, 3.05) is 0 Å². The van der Waals surface area contributed by atoms with Gasteiger partial charge in [-0.1, -0.05) is 0 Å². The molecule has 1 aromatic rings. The van der Waals surface area contributed by atoms with Gasteiger partial charge in [0.05, 0.1) is 0 Å². The second-order valence-electron chi connectivity index (χ2n) is 8.56. The Balaban J connectivity index is 0.00000288. The molecule has 0 saturated carbocycles. The second-order valence-corrected chi connectivity index (χ2v) is 16.2. The Labute approximate surface area is 173 Å². The van der Waals surface area contributed by atoms with Crippen molar-refractivity contribution in [2.24, 2.45) is 5.41 Å². The molecule has 0 bridgehead atoms. The summed E-state index contributed by atoms with van der Waals surface area (Å²) in [6.07, 6.45) is 5.57. The van der Waals surface area contributed by atoms with Crippen LogP contribution in [0.2, 0.25) is 19.6 Å². The van der Waals surface area contributed by atoms with Crippen LogP contribution in [0.3, 0.4) is 0 Å². The molecular weight excluding hydrogens is 403 g/mol. The first kappa shape index (κ1) is 24.9. The average molecular weight is 435 g/mol. The molecule has 5 heteroatoms. The van der Waals surface area contributed by atoms with Crippen LogP contribution in [0.5, 0.6) is 5.75 Å². The first-order valence-corrected chi connectivity index (χ1v) is 14.4. The van der Waals surface area contributed by atoms with E-state index in [9.17, 15) is 0 Å². The number of halogens is 2. The SMILES string of the molecule is Cl.Cl.[CH2]=[Ti]([O]c1cc(C)cc([Si](C)(C)C)c1)[C]1=C(C(C)(C)C)C=CC1. The molecule has 1 aliphatic rings. The van der Waals surface area contributed by atoms with Crippen LogP contribution < -0.4 is 8.51 Å². The molecule has 25 heavy (non-hydrogen) atoms. The average Bonchev–Trinajstić information content (AvgIpc) is 2.85. The molecule has 0 spiro atoms. The standard InChI is InChI=1S/C10H16OSi.C9H13.CH2.2ClH.Ti/c1-8-5-9(11)7-10(6-8)12(2,3)4;1-9(2,3)8-6-4-5-7-8;;;;/h5-7,11H,1-4H3;4,6H,5H2,1-3H3;1H2;2*1H;/q;;;;;+1/p-1. The topological polar surface area (TPSA) is 9.23 Å². The van der Waals surface area contributed by atoms with E-state index in [1.54, 1.807) is 0 Å². The van der Waals surface area contributed by atoms with Gasteiger partial charge in [0, 0.05) is 0 Å². The molecule has 0 saturated heterocycles. The summed E-state index contributed by atoms with van der Waals surface area (Å²) in [5, 5.41) is 1.47. The van der Waals surface area contributed by atoms with Gasteiger partial charge in [-0.3, -0.25) is 0 Å². The molecule has 0 atom stereocenters. The van der Waals surface area contributed by atoms with Gasteiger partial charge in [0.15, 0.2) is 0 Å². The molecule has 0 heterocycles. The Kier molecular flexibility index (Phi) is 9.15. The van der Waals surface area contributed by atoms with Crippen molar-refractivity contribution in [3.8, 4) is 5.75 Å². The van der Waals surface area contributed by atoms with Crippen LogP contribution in [0.25, 0.3) is 0 Å². The summed E-state index contributed by atoms with van der Waals surface area (Å²) in [4.78, 5) is 4.46. The molecule has 1 nitrogen and oxygen atoms in total. The molecular formula is C20H32Cl2OSiTi. The van der Waals surface area contributed by atoms with Crippen molar-refractivity contribution < 1.29 is 21.1 Å². The fourth-order valence-electron chi connectivity index (χ4n) is 2.92. The van der Waals surface area contributed by atoms with Gasteiger partial charge in [-0.05, 0) is 0 Å². The number of hydrogen-bond donors (Lipinski definition) is 0. The summed E-state index contributed by atoms with van der Waals surface area (Å²) in [6.45, 7) is 16.1. The molecule has 0 N–H and O–H groups in total. The molecule has 0 unspecified atom stereocenters. The fourth-order valence-corrected chi connectivity index (χ4v) is 6.70. The Morgan fingerprint density at radius 3 is 2.20 bits per heavy atom. The zero-order chi connectivity index (χ0) is 17.4. The number of aryl methyl sites for hydroxylation is 1. The van der Waals surface area contributed by atoms with Crippen molar-refractivity contribution >= 4 is 42.9 Å². The first-order valence-electron chi connectivity index (χ1n) is 8.38. The minimum absolute atomic E-state index is 0. The van der Waals surface area contributed by atoms with Gasteiger partial charge in [-0.25, -0.2) is 0 Å². The van der Waals surface area contributed by atoms with Gasteiger partial charge in [0.2, 0.25) is 0 Å². The maximum atomic E-state index is 6.42. The maximum absolute atomic E-state index is 6.42. The quantitative estimate of drug-likeness (QED) is 0.528. The zero-order valence-electron chi connectivity index (χ0n) is 16.5. The van der Waals surface area contributed by atoms with Crippen molar-refractivity contribution in [3.05, 3.63) is 45.4 Å². The van der Waals surface area contributed by atoms with Crippen molar-refractivity contribution in [2.45, 2.75) is 53.8 Å². The molecule has 0 aliphatic heterocycles. The summed E-state index contributed by atoms with van der Waals surface area (Å²) < 4.78 is 7.90. The Morgan fingerprint density at radius 2 is 1.68 bits per heavy atom. The van der Waals surface area contributed by atoms with Crippen molar-refractivity contribution in [3.63, 3.8) is 0 Å². The molecule has 0 fully saturated rings. The van der Waals surface area contributed by atoms with E-state index in [2.05, 4.69) is 82.5 Å². The molecule has 2 rings (SSSR count). The van der Waals surface area contributed by atoms with E-state index in [0.29, 0.717) is 0 Å². The molecule has 0 radical (unpaired) electrons. The third-order valence-electron chi connectivity index (χ3n) is 4.23. The van der Waals surface area contributed by atoms with Crippen molar-refractivity contribution in [1.29, 1.82) is 0 Å². The summed E-state index contributed by atoms with van der Waals surface area (Å²) in [5.74, 6) is 1.03.